The van der Waals surface area contributed by atoms with Crippen LogP contribution < -0.4 is 20.4 Å². The number of nitrogens with zero attached hydrogens (tertiary/aromatic N) is 3. The number of fused-ring (bicyclic) bond motifs is 2. The highest BCUT2D eigenvalue weighted by molar-refractivity contribution is 9.10. The normalized spacial score (nSPS) is 14.5. The molecule has 39 heavy (non-hydrogen) atoms. The molecule has 1 unspecified atom stereocenters. The summed E-state index contributed by atoms with van der Waals surface area (Å²) in [6.45, 7) is 0. The molecule has 0 spiro atoms. The van der Waals surface area contributed by atoms with Gasteiger partial charge in [0.05, 0.1) is 16.9 Å². The third-order valence-electron chi connectivity index (χ3n) is 6.40. The van der Waals surface area contributed by atoms with Gasteiger partial charge in [-0.2, -0.15) is 0 Å². The molecule has 0 saturated carbocycles. The summed E-state index contributed by atoms with van der Waals surface area (Å²) in [5, 5.41) is 8.39. The van der Waals surface area contributed by atoms with E-state index in [0.29, 0.717) is 22.5 Å². The lowest BCUT2D eigenvalue weighted by molar-refractivity contribution is -0.119. The molecular weight excluding hydrogens is 577 g/mol. The van der Waals surface area contributed by atoms with Crippen molar-refractivity contribution in [1.29, 1.82) is 0 Å². The zero-order chi connectivity index (χ0) is 28.1. The number of thiocarbonyl (C=S) groups is 1. The first-order chi connectivity index (χ1) is 18.8. The van der Waals surface area contributed by atoms with Gasteiger partial charge in [-0.3, -0.25) is 15.1 Å². The van der Waals surface area contributed by atoms with Crippen LogP contribution in [0.3, 0.4) is 0 Å². The van der Waals surface area contributed by atoms with Gasteiger partial charge in [0.15, 0.2) is 6.17 Å². The topological polar surface area (TPSA) is 60.0 Å². The van der Waals surface area contributed by atoms with Gasteiger partial charge in [0.25, 0.3) is 5.91 Å². The number of rotatable bonds is 5. The molecule has 0 saturated heterocycles. The second-order valence-corrected chi connectivity index (χ2v) is 10.2. The summed E-state index contributed by atoms with van der Waals surface area (Å²) in [6, 6.07) is 24.4. The molecule has 9 heteroatoms. The van der Waals surface area contributed by atoms with Crippen molar-refractivity contribution in [3.8, 4) is 0 Å². The molecule has 0 radical (unpaired) electrons. The van der Waals surface area contributed by atoms with Crippen LogP contribution in [0.15, 0.2) is 88.3 Å². The van der Waals surface area contributed by atoms with Gasteiger partial charge in [0, 0.05) is 58.9 Å². The van der Waals surface area contributed by atoms with Crippen molar-refractivity contribution in [3.05, 3.63) is 100 Å². The van der Waals surface area contributed by atoms with E-state index in [1.807, 2.05) is 38.4 Å². The number of aliphatic imine (C=N–C) groups is 1. The van der Waals surface area contributed by atoms with Crippen molar-refractivity contribution < 1.29 is 9.18 Å². The third-order valence-corrected chi connectivity index (χ3v) is 7.01. The van der Waals surface area contributed by atoms with Crippen molar-refractivity contribution in [1.82, 2.24) is 5.32 Å². The average Bonchev–Trinajstić information content (AvgIpc) is 3.03. The summed E-state index contributed by atoms with van der Waals surface area (Å²) in [7, 11) is 7.45. The van der Waals surface area contributed by atoms with Crippen molar-refractivity contribution >= 4 is 73.1 Å². The van der Waals surface area contributed by atoms with E-state index in [2.05, 4.69) is 66.8 Å². The summed E-state index contributed by atoms with van der Waals surface area (Å²) in [4.78, 5) is 20.7. The van der Waals surface area contributed by atoms with E-state index >= 15 is 0 Å². The Bertz CT molecular complexity index is 1560. The Balaban J connectivity index is 0.000000193. The molecule has 6 nitrogen and oxygen atoms in total. The minimum absolute atomic E-state index is 0.192. The van der Waals surface area contributed by atoms with Crippen molar-refractivity contribution in [2.45, 2.75) is 6.17 Å². The second-order valence-electron chi connectivity index (χ2n) is 9.04. The highest BCUT2D eigenvalue weighted by atomic mass is 79.9. The van der Waals surface area contributed by atoms with Crippen molar-refractivity contribution in [2.75, 3.05) is 43.3 Å². The molecule has 1 amide bonds. The van der Waals surface area contributed by atoms with Crippen LogP contribution in [0, 0.1) is 5.82 Å². The largest absolute Gasteiger partial charge is 0.377 e. The van der Waals surface area contributed by atoms with Gasteiger partial charge in [-0.15, -0.1) is 0 Å². The minimum Gasteiger partial charge on any atom is -0.377 e. The number of benzodiazepines with no additional fused rings is 1. The smallest absolute Gasteiger partial charge is 0.266 e. The number of carbonyl (C=O) groups excluding carboxylic acids is 1. The van der Waals surface area contributed by atoms with Gasteiger partial charge >= 0.3 is 0 Å². The van der Waals surface area contributed by atoms with Crippen LogP contribution >= 0.6 is 28.1 Å². The number of amides is 1. The maximum absolute atomic E-state index is 14.3. The molecule has 0 fully saturated rings. The van der Waals surface area contributed by atoms with E-state index in [1.54, 1.807) is 37.2 Å². The zero-order valence-electron chi connectivity index (χ0n) is 22.1. The number of nitrogens with one attached hydrogen (secondary N) is 2. The van der Waals surface area contributed by atoms with Crippen LogP contribution in [0.4, 0.5) is 21.5 Å². The zero-order valence-corrected chi connectivity index (χ0v) is 24.5. The molecule has 0 aliphatic carbocycles. The fraction of sp³-hybridized carbons (Fsp3) is 0.167. The van der Waals surface area contributed by atoms with Crippen LogP contribution in [0.5, 0.6) is 0 Å². The Kier molecular flexibility index (Phi) is 9.06. The quantitative estimate of drug-likeness (QED) is 0.264. The molecule has 5 rings (SSSR count). The van der Waals surface area contributed by atoms with Gasteiger partial charge in [-0.1, -0.05) is 64.5 Å². The van der Waals surface area contributed by atoms with E-state index in [-0.39, 0.29) is 11.7 Å². The maximum atomic E-state index is 14.3. The van der Waals surface area contributed by atoms with E-state index in [0.717, 1.165) is 10.2 Å². The Labute approximate surface area is 241 Å². The molecule has 2 N–H and O–H groups in total. The number of carbonyl (C=O) groups is 1. The monoisotopic (exact) mass is 605 g/mol. The highest BCUT2D eigenvalue weighted by Gasteiger charge is 2.29. The molecule has 0 aromatic heterocycles. The van der Waals surface area contributed by atoms with Gasteiger partial charge in [0.1, 0.15) is 5.82 Å². The summed E-state index contributed by atoms with van der Waals surface area (Å²) in [6.07, 6.45) is -0.763. The molecule has 1 aliphatic rings. The lowest BCUT2D eigenvalue weighted by atomic mass is 10.00. The molecule has 4 aromatic rings. The molecule has 1 heterocycles. The molecule has 200 valence electrons. The molecular formula is C30H29BrFN5OS. The van der Waals surface area contributed by atoms with Crippen LogP contribution in [0.2, 0.25) is 0 Å². The van der Waals surface area contributed by atoms with Crippen LogP contribution in [-0.4, -0.2) is 51.5 Å². The Morgan fingerprint density at radius 3 is 2.36 bits per heavy atom. The molecule has 0 bridgehead atoms. The van der Waals surface area contributed by atoms with E-state index in [9.17, 15) is 9.18 Å². The SMILES string of the molecule is CN(C)c1ccc(NC=S)c2ccccc12.CNC1N=C(c2ccccc2F)c2cc(Br)ccc2N(C)C1=O. The maximum Gasteiger partial charge on any atom is 0.266 e. The first-order valence-corrected chi connectivity index (χ1v) is 13.5. The van der Waals surface area contributed by atoms with Gasteiger partial charge < -0.3 is 15.1 Å². The summed E-state index contributed by atoms with van der Waals surface area (Å²) < 4.78 is 15.2. The number of benzene rings is 4. The summed E-state index contributed by atoms with van der Waals surface area (Å²) in [5.41, 5.74) is 6.03. The van der Waals surface area contributed by atoms with Gasteiger partial charge in [0.2, 0.25) is 0 Å². The van der Waals surface area contributed by atoms with E-state index in [1.165, 1.54) is 28.0 Å². The van der Waals surface area contributed by atoms with Gasteiger partial charge in [-0.25, -0.2) is 4.39 Å². The first-order valence-electron chi connectivity index (χ1n) is 12.2. The van der Waals surface area contributed by atoms with Crippen molar-refractivity contribution in [3.63, 3.8) is 0 Å². The van der Waals surface area contributed by atoms with Crippen LogP contribution in [0.25, 0.3) is 10.8 Å². The fourth-order valence-corrected chi connectivity index (χ4v) is 4.95. The molecule has 1 atom stereocenters. The first kappa shape index (κ1) is 28.4. The predicted octanol–water partition coefficient (Wildman–Crippen LogP) is 6.22. The standard InChI is InChI=1S/C17H15BrFN3O.C13H14N2S/c1-20-16-17(23)22(2)14-8-7-10(18)9-12(14)15(21-16)11-5-3-4-6-13(11)19;1-15(2)13-8-7-12(14-9-16)10-5-3-4-6-11(10)13/h3-9,16,20H,1-2H3;3-9H,1-2H3,(H,14,16). The molecule has 4 aromatic carbocycles. The van der Waals surface area contributed by atoms with Crippen molar-refractivity contribution in [2.24, 2.45) is 4.99 Å². The van der Waals surface area contributed by atoms with E-state index in [4.69, 9.17) is 12.2 Å². The second kappa shape index (κ2) is 12.5. The third kappa shape index (κ3) is 6.00. The number of hydrogen-bond acceptors (Lipinski definition) is 5. The predicted molar refractivity (Wildman–Crippen MR) is 168 cm³/mol. The Hall–Kier alpha value is -3.66. The number of halogens is 2. The summed E-state index contributed by atoms with van der Waals surface area (Å²) >= 11 is 8.27. The Morgan fingerprint density at radius 1 is 1.00 bits per heavy atom. The van der Waals surface area contributed by atoms with E-state index < -0.39 is 6.17 Å². The number of likely N-dealkylation sites (N-methyl/N-ethyl adjacent to an activating group) is 2. The van der Waals surface area contributed by atoms with Crippen LogP contribution in [-0.2, 0) is 4.79 Å². The van der Waals surface area contributed by atoms with Crippen LogP contribution in [0.1, 0.15) is 11.1 Å². The fourth-order valence-electron chi connectivity index (χ4n) is 4.46. The minimum atomic E-state index is -0.763. The average molecular weight is 607 g/mol. The Morgan fingerprint density at radius 2 is 1.69 bits per heavy atom. The number of anilines is 3. The highest BCUT2D eigenvalue weighted by Crippen LogP contribution is 2.32. The lowest BCUT2D eigenvalue weighted by Gasteiger charge is -2.20. The molecule has 1 aliphatic heterocycles. The number of hydrogen-bond donors (Lipinski definition) is 2. The summed E-state index contributed by atoms with van der Waals surface area (Å²) in [5.74, 6) is -0.563. The van der Waals surface area contributed by atoms with Gasteiger partial charge in [-0.05, 0) is 49.5 Å². The lowest BCUT2D eigenvalue weighted by Crippen LogP contribution is -2.41.